The highest BCUT2D eigenvalue weighted by atomic mass is 16.5. The van der Waals surface area contributed by atoms with Crippen molar-refractivity contribution < 1.29 is 19.1 Å². The first-order valence-corrected chi connectivity index (χ1v) is 11.9. The van der Waals surface area contributed by atoms with Crippen LogP contribution in [-0.4, -0.2) is 49.1 Å². The van der Waals surface area contributed by atoms with E-state index in [-0.39, 0.29) is 17.9 Å². The molecule has 1 heterocycles. The number of carbonyl (C=O) groups is 2. The van der Waals surface area contributed by atoms with Gasteiger partial charge in [0, 0.05) is 24.6 Å². The van der Waals surface area contributed by atoms with Crippen LogP contribution in [0.4, 0.5) is 0 Å². The van der Waals surface area contributed by atoms with Crippen molar-refractivity contribution >= 4 is 11.8 Å². The minimum Gasteiger partial charge on any atom is -0.493 e. The summed E-state index contributed by atoms with van der Waals surface area (Å²) in [5, 5.41) is 3.27. The molecule has 1 aliphatic heterocycles. The van der Waals surface area contributed by atoms with Crippen LogP contribution >= 0.6 is 0 Å². The number of nitrogens with zero attached hydrogens (tertiary/aromatic N) is 1. The second-order valence-corrected chi connectivity index (χ2v) is 9.31. The van der Waals surface area contributed by atoms with Crippen molar-refractivity contribution in [1.29, 1.82) is 0 Å². The average molecular weight is 451 g/mol. The number of amides is 2. The Kier molecular flexibility index (Phi) is 6.91. The maximum Gasteiger partial charge on any atom is 0.255 e. The number of carbonyl (C=O) groups excluding carboxylic acids is 2. The first kappa shape index (κ1) is 23.1. The predicted octanol–water partition coefficient (Wildman–Crippen LogP) is 4.15. The van der Waals surface area contributed by atoms with E-state index >= 15 is 0 Å². The lowest BCUT2D eigenvalue weighted by molar-refractivity contribution is -0.132. The Morgan fingerprint density at radius 1 is 1.06 bits per heavy atom. The van der Waals surface area contributed by atoms with Crippen LogP contribution in [0.2, 0.25) is 0 Å². The molecule has 6 nitrogen and oxygen atoms in total. The van der Waals surface area contributed by atoms with E-state index in [4.69, 9.17) is 9.47 Å². The molecular weight excluding hydrogens is 416 g/mol. The number of ether oxygens (including phenoxy) is 2. The Bertz CT molecular complexity index is 1010. The quantitative estimate of drug-likeness (QED) is 0.688. The van der Waals surface area contributed by atoms with Crippen LogP contribution in [0.1, 0.15) is 60.5 Å². The summed E-state index contributed by atoms with van der Waals surface area (Å²) < 4.78 is 10.8. The van der Waals surface area contributed by atoms with Gasteiger partial charge < -0.3 is 19.7 Å². The summed E-state index contributed by atoms with van der Waals surface area (Å²) in [6, 6.07) is 13.6. The molecule has 0 saturated heterocycles. The van der Waals surface area contributed by atoms with Crippen LogP contribution in [0, 0.1) is 0 Å². The molecule has 0 spiro atoms. The maximum atomic E-state index is 13.6. The van der Waals surface area contributed by atoms with Crippen LogP contribution < -0.4 is 14.8 Å². The number of nitrogens with one attached hydrogen (secondary N) is 1. The minimum atomic E-state index is -0.931. The summed E-state index contributed by atoms with van der Waals surface area (Å²) in [6.07, 6.45) is 6.67. The van der Waals surface area contributed by atoms with E-state index < -0.39 is 5.54 Å². The molecular formula is C27H34N2O4. The molecule has 0 bridgehead atoms. The van der Waals surface area contributed by atoms with Gasteiger partial charge in [0.25, 0.3) is 5.91 Å². The monoisotopic (exact) mass is 450 g/mol. The second-order valence-electron chi connectivity index (χ2n) is 9.31. The van der Waals surface area contributed by atoms with Crippen molar-refractivity contribution in [3.63, 3.8) is 0 Å². The van der Waals surface area contributed by atoms with E-state index in [1.165, 1.54) is 6.42 Å². The normalized spacial score (nSPS) is 20.8. The largest absolute Gasteiger partial charge is 0.493 e. The van der Waals surface area contributed by atoms with Crippen LogP contribution in [0.25, 0.3) is 0 Å². The van der Waals surface area contributed by atoms with Gasteiger partial charge in [-0.05, 0) is 55.5 Å². The van der Waals surface area contributed by atoms with E-state index in [2.05, 4.69) is 5.32 Å². The molecule has 1 N–H and O–H groups in total. The van der Waals surface area contributed by atoms with Gasteiger partial charge in [-0.3, -0.25) is 9.59 Å². The summed E-state index contributed by atoms with van der Waals surface area (Å²) in [6.45, 7) is 2.35. The van der Waals surface area contributed by atoms with Crippen LogP contribution in [0.3, 0.4) is 0 Å². The van der Waals surface area contributed by atoms with E-state index in [9.17, 15) is 9.59 Å². The van der Waals surface area contributed by atoms with Crippen LogP contribution in [0.15, 0.2) is 42.5 Å². The lowest BCUT2D eigenvalue weighted by Gasteiger charge is -2.45. The van der Waals surface area contributed by atoms with Gasteiger partial charge in [-0.1, -0.05) is 43.5 Å². The van der Waals surface area contributed by atoms with Gasteiger partial charge in [0.2, 0.25) is 5.91 Å². The molecule has 1 aliphatic carbocycles. The summed E-state index contributed by atoms with van der Waals surface area (Å²) in [4.78, 5) is 29.0. The zero-order chi connectivity index (χ0) is 23.4. The van der Waals surface area contributed by atoms with Gasteiger partial charge in [-0.2, -0.15) is 0 Å². The number of hydrogen-bond acceptors (Lipinski definition) is 4. The standard InChI is InChI=1S/C27H34N2O4/c1-27(26(31)28-21-10-5-4-6-11-21)18-20-9-7-8-12-22(20)25(30)29(27)16-15-19-13-14-23(32-2)24(17-19)33-3/h7-9,12-14,17,21H,4-6,10-11,15-16,18H2,1-3H3,(H,28,31)/t27-/m1/s1. The molecule has 176 valence electrons. The summed E-state index contributed by atoms with van der Waals surface area (Å²) in [7, 11) is 3.22. The van der Waals surface area contributed by atoms with Gasteiger partial charge in [0.1, 0.15) is 5.54 Å². The molecule has 33 heavy (non-hydrogen) atoms. The van der Waals surface area contributed by atoms with Gasteiger partial charge in [-0.15, -0.1) is 0 Å². The Hall–Kier alpha value is -3.02. The molecule has 4 rings (SSSR count). The smallest absolute Gasteiger partial charge is 0.255 e. The van der Waals surface area contributed by atoms with Crippen LogP contribution in [0.5, 0.6) is 11.5 Å². The first-order chi connectivity index (χ1) is 16.0. The molecule has 0 radical (unpaired) electrons. The number of benzene rings is 2. The third-order valence-corrected chi connectivity index (χ3v) is 7.12. The Balaban J connectivity index is 1.59. The summed E-state index contributed by atoms with van der Waals surface area (Å²) in [5.74, 6) is 1.19. The molecule has 0 aromatic heterocycles. The SMILES string of the molecule is COc1ccc(CCN2C(=O)c3ccccc3C[C@]2(C)C(=O)NC2CCCCC2)cc1OC. The van der Waals surface area contributed by atoms with E-state index in [1.807, 2.05) is 49.4 Å². The number of fused-ring (bicyclic) bond motifs is 1. The highest BCUT2D eigenvalue weighted by Crippen LogP contribution is 2.33. The van der Waals surface area contributed by atoms with Crippen molar-refractivity contribution in [2.75, 3.05) is 20.8 Å². The van der Waals surface area contributed by atoms with Crippen LogP contribution in [-0.2, 0) is 17.6 Å². The molecule has 1 fully saturated rings. The molecule has 2 aromatic carbocycles. The van der Waals surface area contributed by atoms with Gasteiger partial charge in [0.05, 0.1) is 14.2 Å². The van der Waals surface area contributed by atoms with E-state index in [0.29, 0.717) is 36.4 Å². The molecule has 1 saturated carbocycles. The molecule has 1 atom stereocenters. The zero-order valence-electron chi connectivity index (χ0n) is 19.9. The number of methoxy groups -OCH3 is 2. The van der Waals surface area contributed by atoms with Gasteiger partial charge in [-0.25, -0.2) is 0 Å². The Labute approximate surface area is 196 Å². The molecule has 2 amide bonds. The average Bonchev–Trinajstić information content (AvgIpc) is 2.84. The fourth-order valence-electron chi connectivity index (χ4n) is 5.13. The summed E-state index contributed by atoms with van der Waals surface area (Å²) in [5.41, 5.74) is 1.72. The molecule has 2 aromatic rings. The van der Waals surface area contributed by atoms with Crippen molar-refractivity contribution in [3.05, 3.63) is 59.2 Å². The third kappa shape index (κ3) is 4.70. The fraction of sp³-hybridized carbons (Fsp3) is 0.481. The second kappa shape index (κ2) is 9.86. The maximum absolute atomic E-state index is 13.6. The number of hydrogen-bond donors (Lipinski definition) is 1. The fourth-order valence-corrected chi connectivity index (χ4v) is 5.13. The van der Waals surface area contributed by atoms with E-state index in [1.54, 1.807) is 19.1 Å². The predicted molar refractivity (Wildman–Crippen MR) is 128 cm³/mol. The number of rotatable bonds is 7. The lowest BCUT2D eigenvalue weighted by Crippen LogP contribution is -2.64. The van der Waals surface area contributed by atoms with Crippen molar-refractivity contribution in [2.45, 2.75) is 63.5 Å². The summed E-state index contributed by atoms with van der Waals surface area (Å²) >= 11 is 0. The van der Waals surface area contributed by atoms with Crippen molar-refractivity contribution in [2.24, 2.45) is 0 Å². The third-order valence-electron chi connectivity index (χ3n) is 7.12. The highest BCUT2D eigenvalue weighted by Gasteiger charge is 2.47. The molecule has 0 unspecified atom stereocenters. The molecule has 6 heteroatoms. The minimum absolute atomic E-state index is 0.0513. The van der Waals surface area contributed by atoms with Crippen molar-refractivity contribution in [1.82, 2.24) is 10.2 Å². The topological polar surface area (TPSA) is 67.9 Å². The van der Waals surface area contributed by atoms with Gasteiger partial charge in [0.15, 0.2) is 11.5 Å². The zero-order valence-corrected chi connectivity index (χ0v) is 19.9. The Morgan fingerprint density at radius 3 is 2.52 bits per heavy atom. The Morgan fingerprint density at radius 2 is 1.79 bits per heavy atom. The molecule has 2 aliphatic rings. The lowest BCUT2D eigenvalue weighted by atomic mass is 9.82. The highest BCUT2D eigenvalue weighted by molar-refractivity contribution is 6.02. The van der Waals surface area contributed by atoms with E-state index in [0.717, 1.165) is 36.8 Å². The van der Waals surface area contributed by atoms with Crippen molar-refractivity contribution in [3.8, 4) is 11.5 Å². The van der Waals surface area contributed by atoms with Gasteiger partial charge >= 0.3 is 0 Å². The first-order valence-electron chi connectivity index (χ1n) is 11.9.